The Hall–Kier alpha value is -1.68. The molecule has 4 nitrogen and oxygen atoms in total. The molecule has 2 aromatic rings. The summed E-state index contributed by atoms with van der Waals surface area (Å²) in [6.45, 7) is 0.641. The van der Waals surface area contributed by atoms with E-state index in [0.717, 1.165) is 23.2 Å². The summed E-state index contributed by atoms with van der Waals surface area (Å²) in [6, 6.07) is 13.7. The fraction of sp³-hybridized carbons (Fsp3) is 0.200. The van der Waals surface area contributed by atoms with E-state index >= 15 is 0 Å². The Morgan fingerprint density at radius 3 is 2.62 bits per heavy atom. The molecule has 0 saturated carbocycles. The van der Waals surface area contributed by atoms with E-state index < -0.39 is 14.5 Å². The fourth-order valence-corrected chi connectivity index (χ4v) is 3.09. The highest BCUT2D eigenvalue weighted by Crippen LogP contribution is 2.39. The van der Waals surface area contributed by atoms with E-state index in [0.29, 0.717) is 6.54 Å². The second kappa shape index (κ2) is 5.98. The van der Waals surface area contributed by atoms with E-state index in [9.17, 15) is 13.8 Å². The lowest BCUT2D eigenvalue weighted by Crippen LogP contribution is -2.36. The summed E-state index contributed by atoms with van der Waals surface area (Å²) < 4.78 is 29.5. The number of fused-ring (bicyclic) bond motifs is 1. The predicted molar refractivity (Wildman–Crippen MR) is 78.9 cm³/mol. The summed E-state index contributed by atoms with van der Waals surface area (Å²) in [5, 5.41) is 0. The molecule has 110 valence electrons. The van der Waals surface area contributed by atoms with Gasteiger partial charge in [0.1, 0.15) is 5.82 Å². The van der Waals surface area contributed by atoms with Crippen molar-refractivity contribution in [3.8, 4) is 0 Å². The lowest BCUT2D eigenvalue weighted by Gasteiger charge is -2.37. The Kier molecular flexibility index (Phi) is 4.06. The van der Waals surface area contributed by atoms with E-state index in [4.69, 9.17) is 4.52 Å². The maximum absolute atomic E-state index is 13.1. The molecule has 21 heavy (non-hydrogen) atoms. The van der Waals surface area contributed by atoms with Crippen molar-refractivity contribution in [2.45, 2.75) is 12.6 Å². The number of halogens is 1. The normalized spacial score (nSPS) is 19.1. The molecule has 0 saturated heterocycles. The zero-order chi connectivity index (χ0) is 14.8. The predicted octanol–water partition coefficient (Wildman–Crippen LogP) is 3.29. The van der Waals surface area contributed by atoms with Crippen LogP contribution in [0.15, 0.2) is 48.5 Å². The average molecular weight is 307 g/mol. The van der Waals surface area contributed by atoms with Crippen LogP contribution >= 0.6 is 8.25 Å². The van der Waals surface area contributed by atoms with Gasteiger partial charge in [-0.2, -0.15) is 0 Å². The Labute approximate surface area is 122 Å². The molecule has 0 fully saturated rings. The number of anilines is 1. The van der Waals surface area contributed by atoms with E-state index in [1.54, 1.807) is 12.1 Å². The van der Waals surface area contributed by atoms with Crippen molar-refractivity contribution in [3.63, 3.8) is 0 Å². The zero-order valence-electron chi connectivity index (χ0n) is 11.2. The summed E-state index contributed by atoms with van der Waals surface area (Å²) in [4.78, 5) is 11.1. The first-order valence-corrected chi connectivity index (χ1v) is 7.91. The maximum Gasteiger partial charge on any atom is 0.318 e. The third-order valence-corrected chi connectivity index (χ3v) is 4.02. The second-order valence-corrected chi connectivity index (χ2v) is 5.62. The minimum absolute atomic E-state index is 0.315. The minimum atomic E-state index is -3.09. The van der Waals surface area contributed by atoms with Crippen LogP contribution in [0.5, 0.6) is 0 Å². The molecular formula is C15H15FNO3P. The first-order valence-electron chi connectivity index (χ1n) is 6.65. The van der Waals surface area contributed by atoms with Gasteiger partial charge in [0, 0.05) is 17.8 Å². The number of hydrogen-bond donors (Lipinski definition) is 1. The van der Waals surface area contributed by atoms with Gasteiger partial charge in [0.15, 0.2) is 6.23 Å². The largest absolute Gasteiger partial charge is 0.342 e. The summed E-state index contributed by atoms with van der Waals surface area (Å²) >= 11 is 0. The lowest BCUT2D eigenvalue weighted by atomic mass is 9.98. The molecule has 1 unspecified atom stereocenters. The van der Waals surface area contributed by atoms with Crippen LogP contribution in [0.4, 0.5) is 10.1 Å². The second-order valence-electron chi connectivity index (χ2n) is 4.85. The Morgan fingerprint density at radius 2 is 1.90 bits per heavy atom. The van der Waals surface area contributed by atoms with Crippen LogP contribution in [-0.4, -0.2) is 11.4 Å². The summed E-state index contributed by atoms with van der Waals surface area (Å²) in [5.74, 6) is -0.315. The van der Waals surface area contributed by atoms with Crippen molar-refractivity contribution in [1.29, 1.82) is 0 Å². The minimum Gasteiger partial charge on any atom is -0.342 e. The van der Waals surface area contributed by atoms with Crippen LogP contribution in [0.2, 0.25) is 0 Å². The topological polar surface area (TPSA) is 49.8 Å². The Balaban J connectivity index is 2.00. The quantitative estimate of drug-likeness (QED) is 0.884. The molecule has 2 atom stereocenters. The molecule has 6 heteroatoms. The number of nitrogens with zero attached hydrogens (tertiary/aromatic N) is 1. The molecule has 1 N–H and O–H groups in total. The number of hydrogen-bond acceptors (Lipinski definition) is 3. The van der Waals surface area contributed by atoms with Gasteiger partial charge in [-0.3, -0.25) is 9.09 Å². The molecule has 0 aromatic heterocycles. The van der Waals surface area contributed by atoms with Crippen molar-refractivity contribution in [2.75, 3.05) is 11.4 Å². The fourth-order valence-electron chi connectivity index (χ4n) is 2.65. The van der Waals surface area contributed by atoms with E-state index in [2.05, 4.69) is 0 Å². The van der Waals surface area contributed by atoms with Gasteiger partial charge in [-0.05, 0) is 36.2 Å². The molecule has 1 aliphatic heterocycles. The molecule has 1 heterocycles. The van der Waals surface area contributed by atoms with Crippen LogP contribution in [-0.2, 0) is 15.5 Å². The van der Waals surface area contributed by atoms with Crippen molar-refractivity contribution >= 4 is 13.9 Å². The first-order chi connectivity index (χ1) is 10.1. The highest BCUT2D eigenvalue weighted by atomic mass is 31.1. The van der Waals surface area contributed by atoms with Crippen molar-refractivity contribution in [2.24, 2.45) is 0 Å². The average Bonchev–Trinajstić information content (AvgIpc) is 2.48. The van der Waals surface area contributed by atoms with Crippen molar-refractivity contribution < 1.29 is 18.4 Å². The lowest BCUT2D eigenvalue weighted by molar-refractivity contribution is 0.179. The van der Waals surface area contributed by atoms with Gasteiger partial charge >= 0.3 is 8.25 Å². The Morgan fingerprint density at radius 1 is 1.19 bits per heavy atom. The van der Waals surface area contributed by atoms with Gasteiger partial charge in [0.25, 0.3) is 0 Å². The highest BCUT2D eigenvalue weighted by Gasteiger charge is 2.29. The third kappa shape index (κ3) is 3.00. The van der Waals surface area contributed by atoms with Crippen LogP contribution < -0.4 is 4.90 Å². The smallest absolute Gasteiger partial charge is 0.318 e. The number of rotatable bonds is 3. The molecule has 2 aromatic carbocycles. The van der Waals surface area contributed by atoms with Crippen LogP contribution in [0.25, 0.3) is 0 Å². The van der Waals surface area contributed by atoms with E-state index in [1.165, 1.54) is 12.1 Å². The van der Waals surface area contributed by atoms with Crippen LogP contribution in [0, 0.1) is 5.82 Å². The number of benzene rings is 2. The molecule has 0 bridgehead atoms. The monoisotopic (exact) mass is 307 g/mol. The summed E-state index contributed by atoms with van der Waals surface area (Å²) in [5.41, 5.74) is 2.74. The summed E-state index contributed by atoms with van der Waals surface area (Å²) in [7, 11) is -3.09. The van der Waals surface area contributed by atoms with Crippen molar-refractivity contribution in [1.82, 2.24) is 0 Å². The first kappa shape index (κ1) is 14.3. The van der Waals surface area contributed by atoms with Gasteiger partial charge in [-0.15, -0.1) is 0 Å². The maximum atomic E-state index is 13.1. The van der Waals surface area contributed by atoms with Crippen LogP contribution in [0.1, 0.15) is 17.4 Å². The molecule has 0 aliphatic carbocycles. The van der Waals surface area contributed by atoms with Gasteiger partial charge in [0.05, 0.1) is 0 Å². The van der Waals surface area contributed by atoms with E-state index in [-0.39, 0.29) is 5.82 Å². The van der Waals surface area contributed by atoms with Gasteiger partial charge in [-0.1, -0.05) is 24.3 Å². The third-order valence-electron chi connectivity index (χ3n) is 3.60. The zero-order valence-corrected chi connectivity index (χ0v) is 12.2. The van der Waals surface area contributed by atoms with Gasteiger partial charge < -0.3 is 9.79 Å². The van der Waals surface area contributed by atoms with Crippen molar-refractivity contribution in [3.05, 3.63) is 65.5 Å². The molecule has 3 rings (SSSR count). The van der Waals surface area contributed by atoms with E-state index in [1.807, 2.05) is 29.2 Å². The molecule has 0 radical (unpaired) electrons. The van der Waals surface area contributed by atoms with Crippen LogP contribution in [0.3, 0.4) is 0 Å². The Bertz CT molecular complexity index is 662. The standard InChI is InChI=1S/C15H15FNO3P/c16-12-5-7-13(8-6-12)17-10-9-11-3-1-2-4-14(11)15(17)20-21(18)19/h1-8,15,21H,9-10H2,(H,18,19)/t15-/m0/s1. The molecular weight excluding hydrogens is 292 g/mol. The summed E-state index contributed by atoms with van der Waals surface area (Å²) in [6.07, 6.45) is 0.177. The molecule has 0 amide bonds. The van der Waals surface area contributed by atoms with Gasteiger partial charge in [-0.25, -0.2) is 4.39 Å². The molecule has 1 aliphatic rings. The SMILES string of the molecule is O=[PH](O)O[C@H]1c2ccccc2CCN1c1ccc(F)cc1. The molecule has 0 spiro atoms. The van der Waals surface area contributed by atoms with Gasteiger partial charge in [0.2, 0.25) is 0 Å². The highest BCUT2D eigenvalue weighted by molar-refractivity contribution is 7.32.